The van der Waals surface area contributed by atoms with Gasteiger partial charge in [0.1, 0.15) is 0 Å². The van der Waals surface area contributed by atoms with Gasteiger partial charge in [-0.15, -0.1) is 0 Å². The second kappa shape index (κ2) is 3.14. The third-order valence-corrected chi connectivity index (χ3v) is 3.63. The third-order valence-electron chi connectivity index (χ3n) is 3.63. The number of hydrogen-bond acceptors (Lipinski definition) is 2. The molecule has 0 aromatic carbocycles. The van der Waals surface area contributed by atoms with Crippen molar-refractivity contribution in [1.82, 2.24) is 4.90 Å². The highest BCUT2D eigenvalue weighted by Gasteiger charge is 2.73. The second-order valence-corrected chi connectivity index (χ2v) is 4.69. The van der Waals surface area contributed by atoms with Crippen molar-refractivity contribution in [2.75, 3.05) is 13.1 Å². The lowest BCUT2D eigenvalue weighted by Gasteiger charge is -2.19. The van der Waals surface area contributed by atoms with Gasteiger partial charge in [0.2, 0.25) is 5.91 Å². The van der Waals surface area contributed by atoms with Gasteiger partial charge in [0, 0.05) is 19.5 Å². The molecule has 1 saturated heterocycles. The molecule has 2 atom stereocenters. The Labute approximate surface area is 87.6 Å². The third kappa shape index (κ3) is 1.53. The van der Waals surface area contributed by atoms with Gasteiger partial charge in [0.05, 0.1) is 11.5 Å². The predicted molar refractivity (Wildman–Crippen MR) is 51.5 cm³/mol. The van der Waals surface area contributed by atoms with E-state index in [2.05, 4.69) is 0 Å². The molecule has 0 aromatic heterocycles. The van der Waals surface area contributed by atoms with Gasteiger partial charge >= 0.3 is 0 Å². The largest absolute Gasteiger partial charge is 0.341 e. The van der Waals surface area contributed by atoms with E-state index in [4.69, 9.17) is 5.73 Å². The summed E-state index contributed by atoms with van der Waals surface area (Å²) in [5, 5.41) is 0. The standard InChI is InChI=1S/C10H16F2N2O/c1-2-7(13)8(15)14-4-3-9(6-14)5-10(9,11)12/h7H,2-6,13H2,1H3/t7-,9-/m1/s1. The molecule has 1 spiro atoms. The predicted octanol–water partition coefficient (Wildman–Crippen LogP) is 0.981. The normalized spacial score (nSPS) is 34.5. The molecule has 2 rings (SSSR count). The minimum atomic E-state index is -2.56. The number of nitrogens with two attached hydrogens (primary N) is 1. The maximum Gasteiger partial charge on any atom is 0.256 e. The molecule has 5 heteroatoms. The van der Waals surface area contributed by atoms with Gasteiger partial charge in [-0.3, -0.25) is 4.79 Å². The Morgan fingerprint density at radius 2 is 2.20 bits per heavy atom. The first-order valence-corrected chi connectivity index (χ1v) is 5.34. The van der Waals surface area contributed by atoms with Gasteiger partial charge in [-0.2, -0.15) is 0 Å². The summed E-state index contributed by atoms with van der Waals surface area (Å²) in [6.45, 7) is 2.44. The zero-order chi connectivity index (χ0) is 11.3. The van der Waals surface area contributed by atoms with Gasteiger partial charge in [0.15, 0.2) is 0 Å². The van der Waals surface area contributed by atoms with Gasteiger partial charge in [-0.25, -0.2) is 8.78 Å². The summed E-state index contributed by atoms with van der Waals surface area (Å²) in [4.78, 5) is 13.2. The van der Waals surface area contributed by atoms with Crippen LogP contribution in [-0.2, 0) is 4.79 Å². The van der Waals surface area contributed by atoms with E-state index in [9.17, 15) is 13.6 Å². The van der Waals surface area contributed by atoms with E-state index in [0.29, 0.717) is 19.4 Å². The Morgan fingerprint density at radius 1 is 1.60 bits per heavy atom. The number of alkyl halides is 2. The average Bonchev–Trinajstić information content (AvgIpc) is 2.58. The summed E-state index contributed by atoms with van der Waals surface area (Å²) in [6, 6.07) is -0.535. The van der Waals surface area contributed by atoms with Crippen LogP contribution in [0.1, 0.15) is 26.2 Å². The molecule has 1 saturated carbocycles. The minimum Gasteiger partial charge on any atom is -0.341 e. The highest BCUT2D eigenvalue weighted by Crippen LogP contribution is 2.65. The molecule has 1 heterocycles. The van der Waals surface area contributed by atoms with Crippen molar-refractivity contribution in [2.24, 2.45) is 11.1 Å². The summed E-state index contributed by atoms with van der Waals surface area (Å²) in [5.41, 5.74) is 4.69. The SMILES string of the molecule is CC[C@@H](N)C(=O)N1CC[C@]2(C1)CC2(F)F. The van der Waals surface area contributed by atoms with Gasteiger partial charge in [-0.05, 0) is 12.8 Å². The molecular weight excluding hydrogens is 202 g/mol. The molecule has 2 aliphatic rings. The summed E-state index contributed by atoms with van der Waals surface area (Å²) >= 11 is 0. The van der Waals surface area contributed by atoms with Crippen molar-refractivity contribution < 1.29 is 13.6 Å². The number of halogens is 2. The molecule has 1 aliphatic heterocycles. The number of carbonyl (C=O) groups is 1. The molecule has 2 fully saturated rings. The van der Waals surface area contributed by atoms with Gasteiger partial charge in [-0.1, -0.05) is 6.92 Å². The van der Waals surface area contributed by atoms with Crippen LogP contribution in [0.2, 0.25) is 0 Å². The Hall–Kier alpha value is -0.710. The molecule has 0 aromatic rings. The molecule has 1 aliphatic carbocycles. The van der Waals surface area contributed by atoms with E-state index in [-0.39, 0.29) is 18.9 Å². The van der Waals surface area contributed by atoms with Crippen LogP contribution in [0, 0.1) is 5.41 Å². The quantitative estimate of drug-likeness (QED) is 0.751. The van der Waals surface area contributed by atoms with Crippen molar-refractivity contribution in [3.05, 3.63) is 0 Å². The Morgan fingerprint density at radius 3 is 2.60 bits per heavy atom. The Bertz CT molecular complexity index is 295. The first kappa shape index (κ1) is 10.8. The first-order valence-electron chi connectivity index (χ1n) is 5.34. The van der Waals surface area contributed by atoms with Crippen LogP contribution in [0.3, 0.4) is 0 Å². The fourth-order valence-corrected chi connectivity index (χ4v) is 2.29. The maximum atomic E-state index is 13.0. The fourth-order valence-electron chi connectivity index (χ4n) is 2.29. The van der Waals surface area contributed by atoms with Crippen LogP contribution < -0.4 is 5.73 Å². The lowest BCUT2D eigenvalue weighted by molar-refractivity contribution is -0.131. The number of rotatable bonds is 2. The van der Waals surface area contributed by atoms with Crippen LogP contribution in [0.5, 0.6) is 0 Å². The molecule has 86 valence electrons. The van der Waals surface area contributed by atoms with Crippen molar-refractivity contribution in [3.8, 4) is 0 Å². The minimum absolute atomic E-state index is 0.0643. The molecule has 0 bridgehead atoms. The van der Waals surface area contributed by atoms with E-state index in [1.54, 1.807) is 0 Å². The lowest BCUT2D eigenvalue weighted by atomic mass is 10.1. The monoisotopic (exact) mass is 218 g/mol. The summed E-state index contributed by atoms with van der Waals surface area (Å²) in [7, 11) is 0. The Balaban J connectivity index is 1.97. The van der Waals surface area contributed by atoms with Crippen molar-refractivity contribution in [3.63, 3.8) is 0 Å². The van der Waals surface area contributed by atoms with Crippen LogP contribution in [-0.4, -0.2) is 35.9 Å². The van der Waals surface area contributed by atoms with Crippen molar-refractivity contribution >= 4 is 5.91 Å². The van der Waals surface area contributed by atoms with E-state index >= 15 is 0 Å². The van der Waals surface area contributed by atoms with Crippen LogP contribution >= 0.6 is 0 Å². The van der Waals surface area contributed by atoms with E-state index in [0.717, 1.165) is 0 Å². The number of carbonyl (C=O) groups excluding carboxylic acids is 1. The van der Waals surface area contributed by atoms with E-state index in [1.807, 2.05) is 6.92 Å². The van der Waals surface area contributed by atoms with Crippen LogP contribution in [0.25, 0.3) is 0 Å². The molecule has 0 radical (unpaired) electrons. The zero-order valence-corrected chi connectivity index (χ0v) is 8.80. The first-order chi connectivity index (χ1) is 6.92. The van der Waals surface area contributed by atoms with Gasteiger partial charge < -0.3 is 10.6 Å². The fraction of sp³-hybridized carbons (Fsp3) is 0.900. The van der Waals surface area contributed by atoms with Gasteiger partial charge in [0.25, 0.3) is 5.92 Å². The smallest absolute Gasteiger partial charge is 0.256 e. The number of amides is 1. The maximum absolute atomic E-state index is 13.0. The Kier molecular flexibility index (Phi) is 2.26. The van der Waals surface area contributed by atoms with Crippen molar-refractivity contribution in [1.29, 1.82) is 0 Å². The molecule has 2 N–H and O–H groups in total. The van der Waals surface area contributed by atoms with Crippen LogP contribution in [0.4, 0.5) is 8.78 Å². The molecule has 3 nitrogen and oxygen atoms in total. The van der Waals surface area contributed by atoms with Crippen molar-refractivity contribution in [2.45, 2.75) is 38.2 Å². The zero-order valence-electron chi connectivity index (χ0n) is 8.80. The highest BCUT2D eigenvalue weighted by atomic mass is 19.3. The lowest BCUT2D eigenvalue weighted by Crippen LogP contribution is -2.42. The number of likely N-dealkylation sites (tertiary alicyclic amines) is 1. The van der Waals surface area contributed by atoms with E-state index in [1.165, 1.54) is 4.90 Å². The topological polar surface area (TPSA) is 46.3 Å². The summed E-state index contributed by atoms with van der Waals surface area (Å²) in [6.07, 6.45) is 0.909. The second-order valence-electron chi connectivity index (χ2n) is 4.69. The summed E-state index contributed by atoms with van der Waals surface area (Å²) in [5.74, 6) is -2.74. The molecule has 0 unspecified atom stereocenters. The van der Waals surface area contributed by atoms with E-state index < -0.39 is 17.4 Å². The number of hydrogen-bond donors (Lipinski definition) is 1. The number of nitrogens with zero attached hydrogens (tertiary/aromatic N) is 1. The average molecular weight is 218 g/mol. The van der Waals surface area contributed by atoms with Crippen LogP contribution in [0.15, 0.2) is 0 Å². The summed E-state index contributed by atoms with van der Waals surface area (Å²) < 4.78 is 26.1. The highest BCUT2D eigenvalue weighted by molar-refractivity contribution is 5.82. The molecule has 15 heavy (non-hydrogen) atoms. The molecule has 1 amide bonds. The molecular formula is C10H16F2N2O.